The van der Waals surface area contributed by atoms with Crippen LogP contribution in [0.4, 0.5) is 5.82 Å². The number of pyridine rings is 1. The summed E-state index contributed by atoms with van der Waals surface area (Å²) in [4.78, 5) is 9.06. The number of aromatic nitrogens is 1. The second kappa shape index (κ2) is 5.02. The van der Waals surface area contributed by atoms with E-state index in [1.54, 1.807) is 13.1 Å². The number of likely N-dealkylation sites (N-methyl/N-ethyl adjacent to an activating group) is 1. The van der Waals surface area contributed by atoms with Gasteiger partial charge in [0.15, 0.2) is 0 Å². The molecule has 2 atom stereocenters. The molecule has 1 aliphatic rings. The Morgan fingerprint density at radius 2 is 2.24 bits per heavy atom. The lowest BCUT2D eigenvalue weighted by atomic mass is 10.1. The van der Waals surface area contributed by atoms with Gasteiger partial charge in [0.2, 0.25) is 0 Å². The van der Waals surface area contributed by atoms with E-state index in [2.05, 4.69) is 28.8 Å². The van der Waals surface area contributed by atoms with Crippen molar-refractivity contribution < 1.29 is 5.11 Å². The molecule has 1 aromatic heterocycles. The van der Waals surface area contributed by atoms with Crippen molar-refractivity contribution in [1.29, 1.82) is 0 Å². The molecule has 4 nitrogen and oxygen atoms in total. The molecule has 1 saturated heterocycles. The van der Waals surface area contributed by atoms with Gasteiger partial charge in [0.1, 0.15) is 5.82 Å². The molecule has 2 rings (SSSR count). The summed E-state index contributed by atoms with van der Waals surface area (Å²) in [5, 5.41) is 9.60. The third kappa shape index (κ3) is 2.76. The fourth-order valence-corrected chi connectivity index (χ4v) is 2.33. The average molecular weight is 235 g/mol. The Morgan fingerprint density at radius 1 is 1.47 bits per heavy atom. The molecule has 0 aromatic carbocycles. The standard InChI is InChI=1S/C13H21N3O/c1-10-9-15(3)6-7-16(10)13-8-12(11(2)17)4-5-14-13/h4-5,8,10-11,17H,6-7,9H2,1-3H3/t10?,11-/m0/s1. The Labute approximate surface area is 103 Å². The highest BCUT2D eigenvalue weighted by atomic mass is 16.3. The second-order valence-corrected chi connectivity index (χ2v) is 4.93. The molecule has 0 aliphatic carbocycles. The van der Waals surface area contributed by atoms with Gasteiger partial charge >= 0.3 is 0 Å². The zero-order valence-electron chi connectivity index (χ0n) is 10.8. The second-order valence-electron chi connectivity index (χ2n) is 4.93. The van der Waals surface area contributed by atoms with E-state index in [-0.39, 0.29) is 0 Å². The number of aliphatic hydroxyl groups is 1. The van der Waals surface area contributed by atoms with Crippen molar-refractivity contribution >= 4 is 5.82 Å². The lowest BCUT2D eigenvalue weighted by molar-refractivity contribution is 0.199. The number of hydrogen-bond donors (Lipinski definition) is 1. The quantitative estimate of drug-likeness (QED) is 0.838. The smallest absolute Gasteiger partial charge is 0.129 e. The minimum Gasteiger partial charge on any atom is -0.389 e. The van der Waals surface area contributed by atoms with Crippen LogP contribution in [0.2, 0.25) is 0 Å². The number of rotatable bonds is 2. The summed E-state index contributed by atoms with van der Waals surface area (Å²) < 4.78 is 0. The maximum absolute atomic E-state index is 9.60. The van der Waals surface area contributed by atoms with Crippen LogP contribution >= 0.6 is 0 Å². The Kier molecular flexibility index (Phi) is 3.64. The largest absolute Gasteiger partial charge is 0.389 e. The van der Waals surface area contributed by atoms with E-state index < -0.39 is 6.10 Å². The summed E-state index contributed by atoms with van der Waals surface area (Å²) in [5.74, 6) is 0.976. The van der Waals surface area contributed by atoms with Crippen LogP contribution < -0.4 is 4.90 Å². The number of aliphatic hydroxyl groups excluding tert-OH is 1. The highest BCUT2D eigenvalue weighted by molar-refractivity contribution is 5.43. The monoisotopic (exact) mass is 235 g/mol. The SMILES string of the molecule is CC1CN(C)CCN1c1cc([C@H](C)O)ccn1. The highest BCUT2D eigenvalue weighted by Gasteiger charge is 2.22. The Hall–Kier alpha value is -1.13. The summed E-state index contributed by atoms with van der Waals surface area (Å²) in [6.07, 6.45) is 1.35. The molecule has 0 spiro atoms. The first-order chi connectivity index (χ1) is 8.08. The normalized spacial score (nSPS) is 23.8. The fourth-order valence-electron chi connectivity index (χ4n) is 2.33. The van der Waals surface area contributed by atoms with Gasteiger partial charge in [-0.1, -0.05) is 0 Å². The number of piperazine rings is 1. The van der Waals surface area contributed by atoms with E-state index in [9.17, 15) is 5.11 Å². The maximum atomic E-state index is 9.60. The van der Waals surface area contributed by atoms with Crippen molar-refractivity contribution in [2.75, 3.05) is 31.6 Å². The highest BCUT2D eigenvalue weighted by Crippen LogP contribution is 2.21. The summed E-state index contributed by atoms with van der Waals surface area (Å²) in [5.41, 5.74) is 0.932. The van der Waals surface area contributed by atoms with Crippen molar-refractivity contribution in [3.63, 3.8) is 0 Å². The summed E-state index contributed by atoms with van der Waals surface area (Å²) >= 11 is 0. The van der Waals surface area contributed by atoms with Crippen LogP contribution in [0.3, 0.4) is 0 Å². The molecule has 17 heavy (non-hydrogen) atoms. The molecule has 0 bridgehead atoms. The maximum Gasteiger partial charge on any atom is 0.129 e. The van der Waals surface area contributed by atoms with E-state index in [4.69, 9.17) is 0 Å². The molecule has 0 saturated carbocycles. The van der Waals surface area contributed by atoms with Crippen LogP contribution in [-0.2, 0) is 0 Å². The van der Waals surface area contributed by atoms with Gasteiger partial charge in [-0.05, 0) is 38.6 Å². The molecule has 2 heterocycles. The van der Waals surface area contributed by atoms with Crippen molar-refractivity contribution in [2.24, 2.45) is 0 Å². The van der Waals surface area contributed by atoms with Crippen LogP contribution in [-0.4, -0.2) is 47.7 Å². The van der Waals surface area contributed by atoms with Crippen LogP contribution in [0.25, 0.3) is 0 Å². The first-order valence-corrected chi connectivity index (χ1v) is 6.17. The van der Waals surface area contributed by atoms with Gasteiger partial charge in [0, 0.05) is 31.9 Å². The number of nitrogens with zero attached hydrogens (tertiary/aromatic N) is 3. The Morgan fingerprint density at radius 3 is 2.88 bits per heavy atom. The van der Waals surface area contributed by atoms with Crippen LogP contribution in [0.1, 0.15) is 25.5 Å². The third-order valence-electron chi connectivity index (χ3n) is 3.38. The topological polar surface area (TPSA) is 39.6 Å². The summed E-state index contributed by atoms with van der Waals surface area (Å²) in [6.45, 7) is 7.11. The first-order valence-electron chi connectivity index (χ1n) is 6.17. The molecule has 1 fully saturated rings. The molecular weight excluding hydrogens is 214 g/mol. The van der Waals surface area contributed by atoms with E-state index in [1.807, 2.05) is 12.1 Å². The van der Waals surface area contributed by atoms with Crippen LogP contribution in [0.15, 0.2) is 18.3 Å². The van der Waals surface area contributed by atoms with Crippen LogP contribution in [0.5, 0.6) is 0 Å². The zero-order chi connectivity index (χ0) is 12.4. The summed E-state index contributed by atoms with van der Waals surface area (Å²) in [7, 11) is 2.15. The molecule has 1 aliphatic heterocycles. The minimum absolute atomic E-state index is 0.431. The number of hydrogen-bond acceptors (Lipinski definition) is 4. The van der Waals surface area contributed by atoms with Gasteiger partial charge in [0.05, 0.1) is 6.10 Å². The van der Waals surface area contributed by atoms with Crippen LogP contribution in [0, 0.1) is 0 Å². The molecule has 4 heteroatoms. The van der Waals surface area contributed by atoms with E-state index in [1.165, 1.54) is 0 Å². The van der Waals surface area contributed by atoms with Gasteiger partial charge in [-0.25, -0.2) is 4.98 Å². The van der Waals surface area contributed by atoms with Gasteiger partial charge in [-0.15, -0.1) is 0 Å². The molecular formula is C13H21N3O. The molecule has 1 aromatic rings. The molecule has 94 valence electrons. The predicted molar refractivity (Wildman–Crippen MR) is 69.2 cm³/mol. The first kappa shape index (κ1) is 12.3. The van der Waals surface area contributed by atoms with Gasteiger partial charge in [-0.3, -0.25) is 0 Å². The van der Waals surface area contributed by atoms with Crippen molar-refractivity contribution in [3.05, 3.63) is 23.9 Å². The van der Waals surface area contributed by atoms with Crippen molar-refractivity contribution in [2.45, 2.75) is 26.0 Å². The molecule has 1 unspecified atom stereocenters. The molecule has 0 amide bonds. The Bertz CT molecular complexity index is 381. The summed E-state index contributed by atoms with van der Waals surface area (Å²) in [6, 6.07) is 4.33. The van der Waals surface area contributed by atoms with Gasteiger partial charge in [0.25, 0.3) is 0 Å². The van der Waals surface area contributed by atoms with Crippen molar-refractivity contribution in [1.82, 2.24) is 9.88 Å². The lowest BCUT2D eigenvalue weighted by Crippen LogP contribution is -2.50. The third-order valence-corrected chi connectivity index (χ3v) is 3.38. The minimum atomic E-state index is -0.431. The van der Waals surface area contributed by atoms with E-state index >= 15 is 0 Å². The van der Waals surface area contributed by atoms with E-state index in [0.717, 1.165) is 31.0 Å². The van der Waals surface area contributed by atoms with Gasteiger partial charge < -0.3 is 14.9 Å². The van der Waals surface area contributed by atoms with Gasteiger partial charge in [-0.2, -0.15) is 0 Å². The average Bonchev–Trinajstić information content (AvgIpc) is 2.29. The number of anilines is 1. The zero-order valence-corrected chi connectivity index (χ0v) is 10.8. The lowest BCUT2D eigenvalue weighted by Gasteiger charge is -2.39. The van der Waals surface area contributed by atoms with E-state index in [0.29, 0.717) is 6.04 Å². The fraction of sp³-hybridized carbons (Fsp3) is 0.615. The van der Waals surface area contributed by atoms with Crippen molar-refractivity contribution in [3.8, 4) is 0 Å². The Balaban J connectivity index is 2.19. The molecule has 0 radical (unpaired) electrons. The predicted octanol–water partition coefficient (Wildman–Crippen LogP) is 1.28. The molecule has 1 N–H and O–H groups in total.